The van der Waals surface area contributed by atoms with E-state index in [0.717, 1.165) is 9.86 Å². The lowest BCUT2D eigenvalue weighted by Crippen LogP contribution is -1.98. The van der Waals surface area contributed by atoms with Crippen molar-refractivity contribution in [3.8, 4) is 11.5 Å². The summed E-state index contributed by atoms with van der Waals surface area (Å²) >= 11 is 3.35. The smallest absolute Gasteiger partial charge is 0.228 e. The fourth-order valence-corrected chi connectivity index (χ4v) is 2.49. The van der Waals surface area contributed by atoms with Crippen molar-refractivity contribution in [2.45, 2.75) is 0 Å². The average molecular weight is 361 g/mol. The van der Waals surface area contributed by atoms with E-state index in [2.05, 4.69) is 15.9 Å². The Morgan fingerprint density at radius 3 is 2.41 bits per heavy atom. The fraction of sp³-hybridized carbons (Fsp3) is 0.118. The summed E-state index contributed by atoms with van der Waals surface area (Å²) in [5.41, 5.74) is 1.12. The minimum atomic E-state index is -0.176. The molecule has 5 heteroatoms. The molecule has 0 unspecified atom stereocenters. The zero-order chi connectivity index (χ0) is 15.7. The summed E-state index contributed by atoms with van der Waals surface area (Å²) in [7, 11) is 3.13. The zero-order valence-corrected chi connectivity index (χ0v) is 13.6. The highest BCUT2D eigenvalue weighted by atomic mass is 79.9. The molecule has 3 rings (SSSR count). The van der Waals surface area contributed by atoms with Crippen LogP contribution in [0.25, 0.3) is 11.0 Å². The number of hydrogen-bond donors (Lipinski definition) is 0. The molecule has 0 fully saturated rings. The second kappa shape index (κ2) is 5.85. The van der Waals surface area contributed by atoms with Crippen molar-refractivity contribution in [2.24, 2.45) is 0 Å². The molecule has 2 aromatic carbocycles. The van der Waals surface area contributed by atoms with E-state index in [1.807, 2.05) is 12.1 Å². The molecule has 1 aromatic heterocycles. The second-order valence-electron chi connectivity index (χ2n) is 4.69. The van der Waals surface area contributed by atoms with Crippen LogP contribution in [-0.2, 0) is 0 Å². The van der Waals surface area contributed by atoms with Gasteiger partial charge in [0.05, 0.1) is 19.6 Å². The van der Waals surface area contributed by atoms with Gasteiger partial charge in [-0.15, -0.1) is 0 Å². The molecule has 3 aromatic rings. The molecule has 0 spiro atoms. The van der Waals surface area contributed by atoms with E-state index in [4.69, 9.17) is 13.9 Å². The van der Waals surface area contributed by atoms with E-state index in [1.54, 1.807) is 44.6 Å². The predicted molar refractivity (Wildman–Crippen MR) is 86.9 cm³/mol. The van der Waals surface area contributed by atoms with Crippen LogP contribution in [0.3, 0.4) is 0 Å². The first-order valence-electron chi connectivity index (χ1n) is 6.58. The Kier molecular flexibility index (Phi) is 3.90. The Balaban J connectivity index is 2.08. The van der Waals surface area contributed by atoms with Crippen molar-refractivity contribution in [3.63, 3.8) is 0 Å². The maximum absolute atomic E-state index is 12.5. The predicted octanol–water partition coefficient (Wildman–Crippen LogP) is 4.44. The number of ketones is 1. The highest BCUT2D eigenvalue weighted by Gasteiger charge is 2.17. The third-order valence-electron chi connectivity index (χ3n) is 3.36. The molecule has 0 aliphatic rings. The molecule has 4 nitrogen and oxygen atoms in total. The van der Waals surface area contributed by atoms with E-state index in [1.165, 1.54) is 0 Å². The normalized spacial score (nSPS) is 10.7. The summed E-state index contributed by atoms with van der Waals surface area (Å²) in [5.74, 6) is 1.31. The number of fused-ring (bicyclic) bond motifs is 1. The van der Waals surface area contributed by atoms with Gasteiger partial charge in [-0.05, 0) is 30.3 Å². The number of methoxy groups -OCH3 is 2. The van der Waals surface area contributed by atoms with E-state index in [-0.39, 0.29) is 11.5 Å². The monoisotopic (exact) mass is 360 g/mol. The SMILES string of the molecule is COc1cc(OC)c2cc(C(=O)c3ccc(Br)cc3)oc2c1. The summed E-state index contributed by atoms with van der Waals surface area (Å²) < 4.78 is 17.1. The molecule has 0 atom stereocenters. The number of rotatable bonds is 4. The zero-order valence-electron chi connectivity index (χ0n) is 12.1. The topological polar surface area (TPSA) is 48.7 Å². The number of furan rings is 1. The largest absolute Gasteiger partial charge is 0.496 e. The van der Waals surface area contributed by atoms with Gasteiger partial charge >= 0.3 is 0 Å². The minimum Gasteiger partial charge on any atom is -0.496 e. The molecule has 0 aliphatic carbocycles. The summed E-state index contributed by atoms with van der Waals surface area (Å²) in [6.45, 7) is 0. The molecule has 0 aliphatic heterocycles. The van der Waals surface area contributed by atoms with Gasteiger partial charge < -0.3 is 13.9 Å². The van der Waals surface area contributed by atoms with Gasteiger partial charge in [0.1, 0.15) is 17.1 Å². The van der Waals surface area contributed by atoms with Crippen molar-refractivity contribution < 1.29 is 18.7 Å². The maximum atomic E-state index is 12.5. The minimum absolute atomic E-state index is 0.176. The lowest BCUT2D eigenvalue weighted by molar-refractivity contribution is 0.101. The number of hydrogen-bond acceptors (Lipinski definition) is 4. The number of ether oxygens (including phenoxy) is 2. The van der Waals surface area contributed by atoms with Crippen LogP contribution in [0.2, 0.25) is 0 Å². The summed E-state index contributed by atoms with van der Waals surface area (Å²) in [5, 5.41) is 0.740. The molecule has 112 valence electrons. The first kappa shape index (κ1) is 14.7. The van der Waals surface area contributed by atoms with Gasteiger partial charge in [0, 0.05) is 22.2 Å². The van der Waals surface area contributed by atoms with E-state index in [0.29, 0.717) is 22.6 Å². The van der Waals surface area contributed by atoms with Crippen LogP contribution in [0.4, 0.5) is 0 Å². The number of halogens is 1. The lowest BCUT2D eigenvalue weighted by Gasteiger charge is -2.04. The first-order valence-corrected chi connectivity index (χ1v) is 7.37. The summed E-state index contributed by atoms with van der Waals surface area (Å²) in [4.78, 5) is 12.5. The van der Waals surface area contributed by atoms with Crippen LogP contribution in [0.1, 0.15) is 16.1 Å². The molecule has 0 saturated heterocycles. The van der Waals surface area contributed by atoms with Crippen LogP contribution in [0.5, 0.6) is 11.5 Å². The van der Waals surface area contributed by atoms with Gasteiger partial charge in [-0.25, -0.2) is 0 Å². The Morgan fingerprint density at radius 2 is 1.77 bits per heavy atom. The fourth-order valence-electron chi connectivity index (χ4n) is 2.22. The molecule has 0 amide bonds. The summed E-state index contributed by atoms with van der Waals surface area (Å²) in [6, 6.07) is 12.3. The maximum Gasteiger partial charge on any atom is 0.228 e. The van der Waals surface area contributed by atoms with Crippen molar-refractivity contribution >= 4 is 32.7 Å². The number of carbonyl (C=O) groups excluding carboxylic acids is 1. The molecule has 1 heterocycles. The first-order chi connectivity index (χ1) is 10.6. The third kappa shape index (κ3) is 2.60. The van der Waals surface area contributed by atoms with E-state index in [9.17, 15) is 4.79 Å². The Hall–Kier alpha value is -2.27. The standard InChI is InChI=1S/C17H13BrO4/c1-20-12-7-14(21-2)13-9-16(22-15(13)8-12)17(19)10-3-5-11(18)6-4-10/h3-9H,1-2H3. The van der Waals surface area contributed by atoms with Crippen molar-refractivity contribution in [2.75, 3.05) is 14.2 Å². The molecular weight excluding hydrogens is 348 g/mol. The summed E-state index contributed by atoms with van der Waals surface area (Å²) in [6.07, 6.45) is 0. The Labute approximate surface area is 135 Å². The van der Waals surface area contributed by atoms with Gasteiger partial charge in [0.15, 0.2) is 5.76 Å². The quantitative estimate of drug-likeness (QED) is 0.645. The van der Waals surface area contributed by atoms with Gasteiger partial charge in [-0.3, -0.25) is 4.79 Å². The molecule has 0 radical (unpaired) electrons. The number of benzene rings is 2. The van der Waals surface area contributed by atoms with Crippen LogP contribution in [0, 0.1) is 0 Å². The lowest BCUT2D eigenvalue weighted by atomic mass is 10.1. The number of carbonyl (C=O) groups is 1. The van der Waals surface area contributed by atoms with Crippen molar-refractivity contribution in [1.82, 2.24) is 0 Å². The Bertz CT molecular complexity index is 834. The second-order valence-corrected chi connectivity index (χ2v) is 5.60. The van der Waals surface area contributed by atoms with Gasteiger partial charge in [0.2, 0.25) is 5.78 Å². The van der Waals surface area contributed by atoms with Gasteiger partial charge in [-0.1, -0.05) is 15.9 Å². The van der Waals surface area contributed by atoms with Gasteiger partial charge in [-0.2, -0.15) is 0 Å². The highest BCUT2D eigenvalue weighted by molar-refractivity contribution is 9.10. The van der Waals surface area contributed by atoms with Gasteiger partial charge in [0.25, 0.3) is 0 Å². The van der Waals surface area contributed by atoms with Crippen LogP contribution < -0.4 is 9.47 Å². The van der Waals surface area contributed by atoms with Crippen LogP contribution >= 0.6 is 15.9 Å². The Morgan fingerprint density at radius 1 is 1.05 bits per heavy atom. The molecule has 0 N–H and O–H groups in total. The van der Waals surface area contributed by atoms with Crippen LogP contribution in [0.15, 0.2) is 51.4 Å². The van der Waals surface area contributed by atoms with Crippen LogP contribution in [-0.4, -0.2) is 20.0 Å². The van der Waals surface area contributed by atoms with E-state index < -0.39 is 0 Å². The molecule has 0 saturated carbocycles. The molecule has 0 bridgehead atoms. The highest BCUT2D eigenvalue weighted by Crippen LogP contribution is 2.34. The van der Waals surface area contributed by atoms with Crippen molar-refractivity contribution in [3.05, 3.63) is 58.3 Å². The average Bonchev–Trinajstić information content (AvgIpc) is 2.97. The molecular formula is C17H13BrO4. The van der Waals surface area contributed by atoms with E-state index >= 15 is 0 Å². The third-order valence-corrected chi connectivity index (χ3v) is 3.89. The molecule has 22 heavy (non-hydrogen) atoms. The van der Waals surface area contributed by atoms with Crippen molar-refractivity contribution in [1.29, 1.82) is 0 Å².